The zero-order chi connectivity index (χ0) is 13.5. The first-order valence-corrected chi connectivity index (χ1v) is 6.57. The molecule has 0 spiro atoms. The van der Waals surface area contributed by atoms with Gasteiger partial charge in [-0.05, 0) is 26.7 Å². The topological polar surface area (TPSA) is 58.9 Å². The maximum absolute atomic E-state index is 8.51. The summed E-state index contributed by atoms with van der Waals surface area (Å²) in [5, 5.41) is 16.9. The first kappa shape index (κ1) is 19.2. The molecule has 0 aliphatic rings. The maximum atomic E-state index is 8.51. The van der Waals surface area contributed by atoms with Crippen LogP contribution < -0.4 is 0 Å². The number of aliphatic hydroxyl groups excluding tert-OH is 2. The van der Waals surface area contributed by atoms with Crippen molar-refractivity contribution in [1.82, 2.24) is 0 Å². The fourth-order valence-electron chi connectivity index (χ4n) is 0.853. The lowest BCUT2D eigenvalue weighted by Crippen LogP contribution is -2.13. The van der Waals surface area contributed by atoms with Gasteiger partial charge in [-0.25, -0.2) is 0 Å². The van der Waals surface area contributed by atoms with Crippen molar-refractivity contribution < 1.29 is 19.7 Å². The highest BCUT2D eigenvalue weighted by Gasteiger charge is 1.96. The SMILES string of the molecule is CCCCOC(C)CO.CCCOC(C)CO. The lowest BCUT2D eigenvalue weighted by molar-refractivity contribution is 0.0237. The molecular formula is C13H30O4. The van der Waals surface area contributed by atoms with Crippen LogP contribution in [-0.4, -0.2) is 48.8 Å². The summed E-state index contributed by atoms with van der Waals surface area (Å²) >= 11 is 0. The average molecular weight is 250 g/mol. The molecule has 0 saturated carbocycles. The van der Waals surface area contributed by atoms with E-state index < -0.39 is 0 Å². The van der Waals surface area contributed by atoms with Crippen molar-refractivity contribution in [3.05, 3.63) is 0 Å². The molecule has 0 amide bonds. The van der Waals surface area contributed by atoms with Crippen molar-refractivity contribution in [2.75, 3.05) is 26.4 Å². The second-order valence-corrected chi connectivity index (χ2v) is 4.08. The lowest BCUT2D eigenvalue weighted by Gasteiger charge is -2.07. The molecule has 2 N–H and O–H groups in total. The van der Waals surface area contributed by atoms with E-state index in [4.69, 9.17) is 19.7 Å². The zero-order valence-electron chi connectivity index (χ0n) is 11.8. The molecule has 0 radical (unpaired) electrons. The van der Waals surface area contributed by atoms with Gasteiger partial charge >= 0.3 is 0 Å². The van der Waals surface area contributed by atoms with Gasteiger partial charge in [0.2, 0.25) is 0 Å². The Morgan fingerprint density at radius 2 is 1.29 bits per heavy atom. The number of unbranched alkanes of at least 4 members (excludes halogenated alkanes) is 1. The minimum absolute atomic E-state index is 0.00921. The molecule has 0 rings (SSSR count). The van der Waals surface area contributed by atoms with Crippen LogP contribution in [0.3, 0.4) is 0 Å². The van der Waals surface area contributed by atoms with Crippen LogP contribution in [0.15, 0.2) is 0 Å². The zero-order valence-corrected chi connectivity index (χ0v) is 11.8. The predicted molar refractivity (Wildman–Crippen MR) is 70.2 cm³/mol. The molecule has 0 aromatic rings. The highest BCUT2D eigenvalue weighted by atomic mass is 16.5. The van der Waals surface area contributed by atoms with Crippen molar-refractivity contribution >= 4 is 0 Å². The highest BCUT2D eigenvalue weighted by molar-refractivity contribution is 4.43. The van der Waals surface area contributed by atoms with E-state index in [0.29, 0.717) is 0 Å². The summed E-state index contributed by atoms with van der Waals surface area (Å²) in [6.45, 7) is 9.67. The van der Waals surface area contributed by atoms with E-state index >= 15 is 0 Å². The van der Waals surface area contributed by atoms with Gasteiger partial charge in [0.05, 0.1) is 25.4 Å². The summed E-state index contributed by atoms with van der Waals surface area (Å²) in [5.74, 6) is 0. The molecule has 106 valence electrons. The largest absolute Gasteiger partial charge is 0.394 e. The number of hydrogen-bond donors (Lipinski definition) is 2. The van der Waals surface area contributed by atoms with Gasteiger partial charge in [0.1, 0.15) is 0 Å². The van der Waals surface area contributed by atoms with Crippen molar-refractivity contribution in [2.45, 2.75) is 59.2 Å². The molecule has 17 heavy (non-hydrogen) atoms. The van der Waals surface area contributed by atoms with Crippen molar-refractivity contribution in [2.24, 2.45) is 0 Å². The van der Waals surface area contributed by atoms with Gasteiger partial charge in [0.15, 0.2) is 0 Å². The summed E-state index contributed by atoms with van der Waals surface area (Å²) in [6, 6.07) is 0. The minimum Gasteiger partial charge on any atom is -0.394 e. The number of aliphatic hydroxyl groups is 2. The molecule has 2 unspecified atom stereocenters. The monoisotopic (exact) mass is 250 g/mol. The second kappa shape index (κ2) is 15.8. The maximum Gasteiger partial charge on any atom is 0.0777 e. The Labute approximate surface area is 106 Å². The van der Waals surface area contributed by atoms with Crippen LogP contribution in [-0.2, 0) is 9.47 Å². The van der Waals surface area contributed by atoms with Crippen LogP contribution in [0.5, 0.6) is 0 Å². The van der Waals surface area contributed by atoms with E-state index in [1.165, 1.54) is 0 Å². The normalized spacial score (nSPS) is 13.8. The molecule has 4 heteroatoms. The number of ether oxygens (including phenoxy) is 2. The van der Waals surface area contributed by atoms with Gasteiger partial charge in [0.25, 0.3) is 0 Å². The lowest BCUT2D eigenvalue weighted by atomic mass is 10.3. The van der Waals surface area contributed by atoms with Gasteiger partial charge in [-0.1, -0.05) is 20.3 Å². The fourth-order valence-corrected chi connectivity index (χ4v) is 0.853. The van der Waals surface area contributed by atoms with E-state index in [1.807, 2.05) is 20.8 Å². The summed E-state index contributed by atoms with van der Waals surface area (Å²) in [7, 11) is 0. The molecule has 0 aromatic heterocycles. The Hall–Kier alpha value is -0.160. The van der Waals surface area contributed by atoms with Crippen LogP contribution >= 0.6 is 0 Å². The number of rotatable bonds is 9. The van der Waals surface area contributed by atoms with E-state index in [1.54, 1.807) is 0 Å². The molecule has 2 atom stereocenters. The smallest absolute Gasteiger partial charge is 0.0777 e. The van der Waals surface area contributed by atoms with E-state index in [2.05, 4.69) is 6.92 Å². The molecule has 0 heterocycles. The third-order valence-corrected chi connectivity index (χ3v) is 2.02. The van der Waals surface area contributed by atoms with Gasteiger partial charge in [-0.15, -0.1) is 0 Å². The second-order valence-electron chi connectivity index (χ2n) is 4.08. The fraction of sp³-hybridized carbons (Fsp3) is 1.00. The molecule has 0 fully saturated rings. The Morgan fingerprint density at radius 3 is 1.65 bits per heavy atom. The highest BCUT2D eigenvalue weighted by Crippen LogP contribution is 1.92. The summed E-state index contributed by atoms with van der Waals surface area (Å²) in [6.07, 6.45) is 3.28. The predicted octanol–water partition coefficient (Wildman–Crippen LogP) is 1.98. The molecule has 0 bridgehead atoms. The Morgan fingerprint density at radius 1 is 0.824 bits per heavy atom. The first-order valence-electron chi connectivity index (χ1n) is 6.57. The van der Waals surface area contributed by atoms with Crippen molar-refractivity contribution in [3.63, 3.8) is 0 Å². The quantitative estimate of drug-likeness (QED) is 0.614. The van der Waals surface area contributed by atoms with Crippen LogP contribution in [0.2, 0.25) is 0 Å². The van der Waals surface area contributed by atoms with Gasteiger partial charge in [-0.2, -0.15) is 0 Å². The van der Waals surface area contributed by atoms with Gasteiger partial charge in [-0.3, -0.25) is 0 Å². The number of hydrogen-bond acceptors (Lipinski definition) is 4. The summed E-state index contributed by atoms with van der Waals surface area (Å²) in [4.78, 5) is 0. The van der Waals surface area contributed by atoms with Crippen molar-refractivity contribution in [3.8, 4) is 0 Å². The summed E-state index contributed by atoms with van der Waals surface area (Å²) in [5.41, 5.74) is 0. The molecular weight excluding hydrogens is 220 g/mol. The van der Waals surface area contributed by atoms with E-state index in [9.17, 15) is 0 Å². The van der Waals surface area contributed by atoms with Crippen LogP contribution in [0.4, 0.5) is 0 Å². The van der Waals surface area contributed by atoms with Crippen LogP contribution in [0, 0.1) is 0 Å². The van der Waals surface area contributed by atoms with E-state index in [-0.39, 0.29) is 25.4 Å². The molecule has 0 saturated heterocycles. The van der Waals surface area contributed by atoms with Crippen LogP contribution in [0.25, 0.3) is 0 Å². The molecule has 0 aliphatic carbocycles. The first-order chi connectivity index (χ1) is 8.12. The van der Waals surface area contributed by atoms with Gasteiger partial charge in [0, 0.05) is 13.2 Å². The van der Waals surface area contributed by atoms with Crippen LogP contribution in [0.1, 0.15) is 47.0 Å². The summed E-state index contributed by atoms with van der Waals surface area (Å²) < 4.78 is 10.3. The van der Waals surface area contributed by atoms with Gasteiger partial charge < -0.3 is 19.7 Å². The van der Waals surface area contributed by atoms with E-state index in [0.717, 1.165) is 32.5 Å². The standard InChI is InChI=1S/C7H16O2.C6H14O2/c1-3-4-5-9-7(2)6-8;1-3-4-8-6(2)5-7/h7-8H,3-6H2,1-2H3;6-7H,3-5H2,1-2H3. The Kier molecular flexibility index (Phi) is 17.9. The minimum atomic E-state index is 0.00921. The molecule has 0 aliphatic heterocycles. The Balaban J connectivity index is 0. The molecule has 4 nitrogen and oxygen atoms in total. The van der Waals surface area contributed by atoms with Crippen molar-refractivity contribution in [1.29, 1.82) is 0 Å². The molecule has 0 aromatic carbocycles. The third kappa shape index (κ3) is 18.4. The Bertz CT molecular complexity index is 131. The third-order valence-electron chi connectivity index (χ3n) is 2.02. The average Bonchev–Trinajstić information content (AvgIpc) is 2.36.